The highest BCUT2D eigenvalue weighted by molar-refractivity contribution is 9.10. The second-order valence-electron chi connectivity index (χ2n) is 4.85. The Morgan fingerprint density at radius 1 is 1.05 bits per heavy atom. The Kier molecular flexibility index (Phi) is 3.74. The van der Waals surface area contributed by atoms with Crippen molar-refractivity contribution in [2.24, 2.45) is 0 Å². The summed E-state index contributed by atoms with van der Waals surface area (Å²) < 4.78 is 0.894. The van der Waals surface area contributed by atoms with Crippen molar-refractivity contribution in [3.63, 3.8) is 0 Å². The van der Waals surface area contributed by atoms with Gasteiger partial charge >= 0.3 is 6.03 Å². The molecule has 0 unspecified atom stereocenters. The zero-order chi connectivity index (χ0) is 13.9. The third-order valence-electron chi connectivity index (χ3n) is 3.53. The highest BCUT2D eigenvalue weighted by Gasteiger charge is 2.20. The molecule has 3 rings (SSSR count). The molecule has 0 saturated heterocycles. The topological polar surface area (TPSA) is 32.3 Å². The molecule has 0 saturated carbocycles. The molecule has 0 aromatic heterocycles. The number of hydrogen-bond donors (Lipinski definition) is 1. The standard InChI is InChI=1S/C16H15BrN2O/c17-14-7-3-4-8-15(14)18-16(20)19-10-9-12-5-1-2-6-13(12)11-19/h1-8H,9-11H2,(H,18,20). The Morgan fingerprint density at radius 2 is 1.75 bits per heavy atom. The van der Waals surface area contributed by atoms with Crippen LogP contribution in [0.2, 0.25) is 0 Å². The van der Waals surface area contributed by atoms with Gasteiger partial charge in [0.25, 0.3) is 0 Å². The van der Waals surface area contributed by atoms with E-state index in [9.17, 15) is 4.79 Å². The molecule has 0 radical (unpaired) electrons. The van der Waals surface area contributed by atoms with Gasteiger partial charge < -0.3 is 10.2 Å². The minimum absolute atomic E-state index is 0.0496. The first-order chi connectivity index (χ1) is 9.74. The number of nitrogens with zero attached hydrogens (tertiary/aromatic N) is 1. The van der Waals surface area contributed by atoms with Crippen molar-refractivity contribution in [1.82, 2.24) is 4.90 Å². The molecule has 0 aliphatic carbocycles. The fraction of sp³-hybridized carbons (Fsp3) is 0.188. The van der Waals surface area contributed by atoms with Crippen molar-refractivity contribution in [3.8, 4) is 0 Å². The Balaban J connectivity index is 1.72. The van der Waals surface area contributed by atoms with E-state index in [-0.39, 0.29) is 6.03 Å². The van der Waals surface area contributed by atoms with E-state index in [4.69, 9.17) is 0 Å². The zero-order valence-electron chi connectivity index (χ0n) is 11.0. The van der Waals surface area contributed by atoms with Gasteiger partial charge in [0.05, 0.1) is 5.69 Å². The molecule has 0 atom stereocenters. The number of fused-ring (bicyclic) bond motifs is 1. The van der Waals surface area contributed by atoms with Crippen LogP contribution in [0.15, 0.2) is 53.0 Å². The van der Waals surface area contributed by atoms with Gasteiger partial charge in [-0.2, -0.15) is 0 Å². The zero-order valence-corrected chi connectivity index (χ0v) is 12.6. The van der Waals surface area contributed by atoms with Crippen LogP contribution in [-0.4, -0.2) is 17.5 Å². The lowest BCUT2D eigenvalue weighted by molar-refractivity contribution is 0.206. The number of carbonyl (C=O) groups is 1. The highest BCUT2D eigenvalue weighted by Crippen LogP contribution is 2.23. The molecule has 0 bridgehead atoms. The molecule has 2 amide bonds. The number of amides is 2. The quantitative estimate of drug-likeness (QED) is 0.840. The van der Waals surface area contributed by atoms with Crippen LogP contribution in [0.4, 0.5) is 10.5 Å². The molecular formula is C16H15BrN2O. The van der Waals surface area contributed by atoms with E-state index in [1.165, 1.54) is 11.1 Å². The van der Waals surface area contributed by atoms with Gasteiger partial charge in [0.2, 0.25) is 0 Å². The number of carbonyl (C=O) groups excluding carboxylic acids is 1. The normalized spacial score (nSPS) is 13.8. The lowest BCUT2D eigenvalue weighted by Gasteiger charge is -2.29. The average Bonchev–Trinajstić information content (AvgIpc) is 2.49. The van der Waals surface area contributed by atoms with Crippen molar-refractivity contribution < 1.29 is 4.79 Å². The van der Waals surface area contributed by atoms with Crippen molar-refractivity contribution >= 4 is 27.6 Å². The summed E-state index contributed by atoms with van der Waals surface area (Å²) in [4.78, 5) is 14.2. The molecule has 102 valence electrons. The van der Waals surface area contributed by atoms with Gasteiger partial charge in [0, 0.05) is 17.6 Å². The molecule has 4 heteroatoms. The highest BCUT2D eigenvalue weighted by atomic mass is 79.9. The van der Waals surface area contributed by atoms with Crippen molar-refractivity contribution in [3.05, 3.63) is 64.1 Å². The van der Waals surface area contributed by atoms with Crippen LogP contribution in [0, 0.1) is 0 Å². The van der Waals surface area contributed by atoms with Crippen molar-refractivity contribution in [2.45, 2.75) is 13.0 Å². The third-order valence-corrected chi connectivity index (χ3v) is 4.22. The third kappa shape index (κ3) is 2.70. The number of benzene rings is 2. The van der Waals surface area contributed by atoms with E-state index < -0.39 is 0 Å². The fourth-order valence-electron chi connectivity index (χ4n) is 2.43. The van der Waals surface area contributed by atoms with Crippen LogP contribution < -0.4 is 5.32 Å². The summed E-state index contributed by atoms with van der Waals surface area (Å²) >= 11 is 3.44. The smallest absolute Gasteiger partial charge is 0.320 e. The average molecular weight is 331 g/mol. The van der Waals surface area contributed by atoms with Gasteiger partial charge in [-0.3, -0.25) is 0 Å². The minimum Gasteiger partial charge on any atom is -0.320 e. The molecule has 3 nitrogen and oxygen atoms in total. The predicted molar refractivity (Wildman–Crippen MR) is 83.7 cm³/mol. The number of para-hydroxylation sites is 1. The molecule has 1 heterocycles. The van der Waals surface area contributed by atoms with E-state index in [1.807, 2.05) is 35.2 Å². The first-order valence-corrected chi connectivity index (χ1v) is 7.40. The number of anilines is 1. The Labute approximate surface area is 126 Å². The van der Waals surface area contributed by atoms with Crippen LogP contribution in [0.5, 0.6) is 0 Å². The molecule has 1 N–H and O–H groups in total. The van der Waals surface area contributed by atoms with E-state index in [2.05, 4.69) is 39.4 Å². The van der Waals surface area contributed by atoms with Gasteiger partial charge in [-0.1, -0.05) is 36.4 Å². The second-order valence-corrected chi connectivity index (χ2v) is 5.70. The molecule has 1 aliphatic heterocycles. The molecule has 2 aromatic carbocycles. The number of halogens is 1. The maximum atomic E-state index is 12.3. The lowest BCUT2D eigenvalue weighted by atomic mass is 10.0. The molecule has 20 heavy (non-hydrogen) atoms. The fourth-order valence-corrected chi connectivity index (χ4v) is 2.81. The minimum atomic E-state index is -0.0496. The largest absolute Gasteiger partial charge is 0.322 e. The molecular weight excluding hydrogens is 316 g/mol. The molecule has 1 aliphatic rings. The molecule has 0 spiro atoms. The summed E-state index contributed by atoms with van der Waals surface area (Å²) in [6.45, 7) is 1.43. The summed E-state index contributed by atoms with van der Waals surface area (Å²) in [7, 11) is 0. The number of hydrogen-bond acceptors (Lipinski definition) is 1. The van der Waals surface area contributed by atoms with Crippen LogP contribution in [-0.2, 0) is 13.0 Å². The summed E-state index contributed by atoms with van der Waals surface area (Å²) in [5, 5.41) is 2.95. The first-order valence-electron chi connectivity index (χ1n) is 6.61. The Hall–Kier alpha value is -1.81. The van der Waals surface area contributed by atoms with Gasteiger partial charge in [-0.05, 0) is 45.6 Å². The number of rotatable bonds is 1. The van der Waals surface area contributed by atoms with E-state index >= 15 is 0 Å². The van der Waals surface area contributed by atoms with Crippen LogP contribution in [0.3, 0.4) is 0 Å². The van der Waals surface area contributed by atoms with Crippen molar-refractivity contribution in [1.29, 1.82) is 0 Å². The maximum absolute atomic E-state index is 12.3. The van der Waals surface area contributed by atoms with Gasteiger partial charge in [-0.25, -0.2) is 4.79 Å². The van der Waals surface area contributed by atoms with Crippen molar-refractivity contribution in [2.75, 3.05) is 11.9 Å². The van der Waals surface area contributed by atoms with Crippen LogP contribution in [0.25, 0.3) is 0 Å². The summed E-state index contributed by atoms with van der Waals surface area (Å²) in [6.07, 6.45) is 0.916. The van der Waals surface area contributed by atoms with Gasteiger partial charge in [-0.15, -0.1) is 0 Å². The number of urea groups is 1. The van der Waals surface area contributed by atoms with Crippen LogP contribution >= 0.6 is 15.9 Å². The second kappa shape index (κ2) is 5.67. The monoisotopic (exact) mass is 330 g/mol. The summed E-state index contributed by atoms with van der Waals surface area (Å²) in [6, 6.07) is 15.9. The lowest BCUT2D eigenvalue weighted by Crippen LogP contribution is -2.38. The molecule has 0 fully saturated rings. The summed E-state index contributed by atoms with van der Waals surface area (Å²) in [5.74, 6) is 0. The first kappa shape index (κ1) is 13.2. The van der Waals surface area contributed by atoms with E-state index in [1.54, 1.807) is 0 Å². The van der Waals surface area contributed by atoms with Gasteiger partial charge in [0.1, 0.15) is 0 Å². The SMILES string of the molecule is O=C(Nc1ccccc1Br)N1CCc2ccccc2C1. The van der Waals surface area contributed by atoms with E-state index in [0.717, 1.165) is 23.1 Å². The Bertz CT molecular complexity index is 642. The summed E-state index contributed by atoms with van der Waals surface area (Å²) in [5.41, 5.74) is 3.38. The number of nitrogens with one attached hydrogen (secondary N) is 1. The maximum Gasteiger partial charge on any atom is 0.322 e. The molecule has 2 aromatic rings. The van der Waals surface area contributed by atoms with Gasteiger partial charge in [0.15, 0.2) is 0 Å². The van der Waals surface area contributed by atoms with E-state index in [0.29, 0.717) is 6.54 Å². The Morgan fingerprint density at radius 3 is 2.55 bits per heavy atom. The predicted octanol–water partition coefficient (Wildman–Crippen LogP) is 4.04. The van der Waals surface area contributed by atoms with Crippen LogP contribution in [0.1, 0.15) is 11.1 Å².